The maximum Gasteiger partial charge on any atom is 0.00882 e. The first-order valence-electron chi connectivity index (χ1n) is 8.65. The number of rotatable bonds is 3. The topological polar surface area (TPSA) is 12.0 Å². The van der Waals surface area contributed by atoms with E-state index in [4.69, 9.17) is 0 Å². The third kappa shape index (κ3) is 2.65. The first kappa shape index (κ1) is 15.1. The van der Waals surface area contributed by atoms with Crippen molar-refractivity contribution in [2.45, 2.75) is 70.1 Å². The van der Waals surface area contributed by atoms with Crippen molar-refractivity contribution in [3.63, 3.8) is 0 Å². The normalized spacial score (nSPS) is 23.2. The van der Waals surface area contributed by atoms with Crippen LogP contribution in [-0.2, 0) is 10.8 Å². The molecule has 1 nitrogen and oxygen atoms in total. The third-order valence-corrected chi connectivity index (χ3v) is 5.97. The minimum Gasteiger partial charge on any atom is -0.319 e. The van der Waals surface area contributed by atoms with Gasteiger partial charge in [0, 0.05) is 12.0 Å². The van der Waals surface area contributed by atoms with Crippen LogP contribution in [0, 0.1) is 5.41 Å². The minimum absolute atomic E-state index is 0.251. The fourth-order valence-corrected chi connectivity index (χ4v) is 4.96. The molecule has 1 spiro atoms. The summed E-state index contributed by atoms with van der Waals surface area (Å²) in [6.45, 7) is 8.01. The van der Waals surface area contributed by atoms with Crippen molar-refractivity contribution in [3.8, 4) is 0 Å². The largest absolute Gasteiger partial charge is 0.319 e. The molecular formula is C20H31N. The summed E-state index contributed by atoms with van der Waals surface area (Å²) in [5.41, 5.74) is 4.35. The molecule has 0 unspecified atom stereocenters. The molecule has 0 atom stereocenters. The summed E-state index contributed by atoms with van der Waals surface area (Å²) in [5, 5.41) is 3.46. The van der Waals surface area contributed by atoms with E-state index in [2.05, 4.69) is 57.4 Å². The van der Waals surface area contributed by atoms with Crippen LogP contribution in [0.4, 0.5) is 0 Å². The molecule has 0 saturated heterocycles. The molecule has 1 heteroatoms. The lowest BCUT2D eigenvalue weighted by Crippen LogP contribution is -2.53. The molecule has 1 N–H and O–H groups in total. The molecule has 1 aromatic rings. The molecule has 21 heavy (non-hydrogen) atoms. The lowest BCUT2D eigenvalue weighted by atomic mass is 9.49. The van der Waals surface area contributed by atoms with Crippen LogP contribution in [0.15, 0.2) is 24.3 Å². The number of nitrogens with one attached hydrogen (secondary N) is 1. The number of benzene rings is 1. The van der Waals surface area contributed by atoms with E-state index in [-0.39, 0.29) is 5.41 Å². The number of hydrogen-bond acceptors (Lipinski definition) is 1. The Morgan fingerprint density at radius 3 is 2.05 bits per heavy atom. The molecule has 3 rings (SSSR count). The van der Waals surface area contributed by atoms with Crippen molar-refractivity contribution in [2.24, 2.45) is 5.41 Å². The van der Waals surface area contributed by atoms with Crippen molar-refractivity contribution in [1.82, 2.24) is 5.32 Å². The van der Waals surface area contributed by atoms with E-state index in [9.17, 15) is 0 Å². The summed E-state index contributed by atoms with van der Waals surface area (Å²) in [4.78, 5) is 0. The van der Waals surface area contributed by atoms with Crippen LogP contribution in [-0.4, -0.2) is 13.6 Å². The van der Waals surface area contributed by atoms with Gasteiger partial charge in [-0.15, -0.1) is 0 Å². The molecule has 1 aromatic carbocycles. The molecule has 2 saturated carbocycles. The molecule has 2 aliphatic carbocycles. The highest BCUT2D eigenvalue weighted by Gasteiger charge is 2.55. The van der Waals surface area contributed by atoms with Gasteiger partial charge in [0.2, 0.25) is 0 Å². The van der Waals surface area contributed by atoms with Gasteiger partial charge in [0.1, 0.15) is 0 Å². The van der Waals surface area contributed by atoms with E-state index in [0.29, 0.717) is 10.8 Å². The second kappa shape index (κ2) is 5.12. The van der Waals surface area contributed by atoms with E-state index in [1.165, 1.54) is 44.1 Å². The maximum atomic E-state index is 3.46. The van der Waals surface area contributed by atoms with Gasteiger partial charge in [-0.1, -0.05) is 57.9 Å². The maximum absolute atomic E-state index is 3.46. The van der Waals surface area contributed by atoms with Gasteiger partial charge in [0.25, 0.3) is 0 Å². The molecular weight excluding hydrogens is 254 g/mol. The van der Waals surface area contributed by atoms with Crippen LogP contribution in [0.25, 0.3) is 0 Å². The average Bonchev–Trinajstić information content (AvgIpc) is 2.86. The van der Waals surface area contributed by atoms with Gasteiger partial charge >= 0.3 is 0 Å². The molecule has 0 aliphatic heterocycles. The Bertz CT molecular complexity index is 478. The van der Waals surface area contributed by atoms with Gasteiger partial charge in [-0.2, -0.15) is 0 Å². The summed E-state index contributed by atoms with van der Waals surface area (Å²) in [6, 6.07) is 9.51. The van der Waals surface area contributed by atoms with Gasteiger partial charge in [0.05, 0.1) is 0 Å². The Hall–Kier alpha value is -0.820. The van der Waals surface area contributed by atoms with Crippen molar-refractivity contribution in [3.05, 3.63) is 35.4 Å². The smallest absolute Gasteiger partial charge is 0.00882 e. The summed E-state index contributed by atoms with van der Waals surface area (Å²) in [6.07, 6.45) is 8.65. The quantitative estimate of drug-likeness (QED) is 0.841. The van der Waals surface area contributed by atoms with Gasteiger partial charge in [-0.25, -0.2) is 0 Å². The van der Waals surface area contributed by atoms with Gasteiger partial charge in [-0.05, 0) is 54.7 Å². The van der Waals surface area contributed by atoms with E-state index in [0.717, 1.165) is 6.54 Å². The number of likely N-dealkylation sites (N-methyl/N-ethyl adjacent to an activating group) is 1. The monoisotopic (exact) mass is 285 g/mol. The molecule has 0 amide bonds. The second-order valence-electron chi connectivity index (χ2n) is 8.70. The number of hydrogen-bond donors (Lipinski definition) is 1. The zero-order valence-electron chi connectivity index (χ0n) is 14.3. The fraction of sp³-hybridized carbons (Fsp3) is 0.700. The van der Waals surface area contributed by atoms with Crippen LogP contribution >= 0.6 is 0 Å². The zero-order chi connectivity index (χ0) is 15.1. The zero-order valence-corrected chi connectivity index (χ0v) is 14.3. The molecule has 0 aromatic heterocycles. The van der Waals surface area contributed by atoms with Crippen molar-refractivity contribution in [1.29, 1.82) is 0 Å². The standard InChI is InChI=1S/C20H31N/c1-18(2,3)16-7-9-17(10-8-16)20(15-21-4)13-19(14-20)11-5-6-12-19/h7-10,21H,5-6,11-15H2,1-4H3. The molecule has 2 aliphatic rings. The van der Waals surface area contributed by atoms with E-state index in [1.54, 1.807) is 5.56 Å². The molecule has 116 valence electrons. The summed E-state index contributed by atoms with van der Waals surface area (Å²) in [5.74, 6) is 0. The van der Waals surface area contributed by atoms with Crippen LogP contribution < -0.4 is 5.32 Å². The van der Waals surface area contributed by atoms with E-state index >= 15 is 0 Å². The highest BCUT2D eigenvalue weighted by molar-refractivity contribution is 5.36. The fourth-order valence-electron chi connectivity index (χ4n) is 4.96. The predicted molar refractivity (Wildman–Crippen MR) is 90.9 cm³/mol. The van der Waals surface area contributed by atoms with Crippen LogP contribution in [0.2, 0.25) is 0 Å². The first-order chi connectivity index (χ1) is 9.89. The highest BCUT2D eigenvalue weighted by Crippen LogP contribution is 2.62. The average molecular weight is 285 g/mol. The van der Waals surface area contributed by atoms with Crippen molar-refractivity contribution in [2.75, 3.05) is 13.6 Å². The van der Waals surface area contributed by atoms with E-state index < -0.39 is 0 Å². The Morgan fingerprint density at radius 2 is 1.57 bits per heavy atom. The molecule has 0 radical (unpaired) electrons. The molecule has 0 heterocycles. The Morgan fingerprint density at radius 1 is 1.00 bits per heavy atom. The van der Waals surface area contributed by atoms with Gasteiger partial charge in [-0.3, -0.25) is 0 Å². The lowest BCUT2D eigenvalue weighted by Gasteiger charge is -2.56. The third-order valence-electron chi connectivity index (χ3n) is 5.97. The lowest BCUT2D eigenvalue weighted by molar-refractivity contribution is 0.0282. The van der Waals surface area contributed by atoms with Gasteiger partial charge < -0.3 is 5.32 Å². The van der Waals surface area contributed by atoms with Crippen molar-refractivity contribution < 1.29 is 0 Å². The SMILES string of the molecule is CNCC1(c2ccc(C(C)(C)C)cc2)CC2(CCCC2)C1. The van der Waals surface area contributed by atoms with E-state index in [1.807, 2.05) is 0 Å². The van der Waals surface area contributed by atoms with Crippen molar-refractivity contribution >= 4 is 0 Å². The molecule has 2 fully saturated rings. The Kier molecular flexibility index (Phi) is 3.68. The Balaban J connectivity index is 1.82. The first-order valence-corrected chi connectivity index (χ1v) is 8.65. The van der Waals surface area contributed by atoms with Gasteiger partial charge in [0.15, 0.2) is 0 Å². The minimum atomic E-state index is 0.251. The second-order valence-corrected chi connectivity index (χ2v) is 8.70. The molecule has 0 bridgehead atoms. The predicted octanol–water partition coefficient (Wildman–Crippen LogP) is 4.80. The Labute approximate surface area is 130 Å². The summed E-state index contributed by atoms with van der Waals surface area (Å²) in [7, 11) is 2.10. The van der Waals surface area contributed by atoms with Crippen LogP contribution in [0.3, 0.4) is 0 Å². The summed E-state index contributed by atoms with van der Waals surface area (Å²) < 4.78 is 0. The van der Waals surface area contributed by atoms with Crippen LogP contribution in [0.5, 0.6) is 0 Å². The highest BCUT2D eigenvalue weighted by atomic mass is 14.8. The van der Waals surface area contributed by atoms with Crippen LogP contribution in [0.1, 0.15) is 70.4 Å². The summed E-state index contributed by atoms with van der Waals surface area (Å²) >= 11 is 0.